The van der Waals surface area contributed by atoms with E-state index in [1.54, 1.807) is 11.8 Å². The number of hydrogen-bond acceptors (Lipinski definition) is 3. The molecule has 0 aliphatic carbocycles. The summed E-state index contributed by atoms with van der Waals surface area (Å²) in [5.74, 6) is 0. The fraction of sp³-hybridized carbons (Fsp3) is 0.150. The van der Waals surface area contributed by atoms with Crippen LogP contribution in [-0.4, -0.2) is 5.04 Å². The molecule has 3 aromatic carbocycles. The van der Waals surface area contributed by atoms with Crippen LogP contribution in [0.25, 0.3) is 10.8 Å². The molecule has 2 nitrogen and oxygen atoms in total. The molecule has 0 spiro atoms. The van der Waals surface area contributed by atoms with Gasteiger partial charge in [-0.2, -0.15) is 5.10 Å². The van der Waals surface area contributed by atoms with E-state index in [0.29, 0.717) is 0 Å². The van der Waals surface area contributed by atoms with Crippen LogP contribution in [0, 0.1) is 6.92 Å². The monoisotopic (exact) mass is 318 g/mol. The van der Waals surface area contributed by atoms with E-state index in [1.165, 1.54) is 21.9 Å². The summed E-state index contributed by atoms with van der Waals surface area (Å²) in [6, 6.07) is 23.6. The standard InChI is InChI=1S/C20H18N2S/c1-14-7-9-16(10-8-14)19-21-22-20(2,23-19)18-12-11-15-5-3-4-6-17(15)13-18/h3-13,22H,1-2H3. The number of benzene rings is 3. The molecule has 0 amide bonds. The summed E-state index contributed by atoms with van der Waals surface area (Å²) in [5.41, 5.74) is 7.00. The van der Waals surface area contributed by atoms with Crippen molar-refractivity contribution in [1.82, 2.24) is 5.43 Å². The fourth-order valence-corrected chi connectivity index (χ4v) is 3.89. The van der Waals surface area contributed by atoms with E-state index in [9.17, 15) is 0 Å². The molecule has 3 aromatic rings. The molecule has 1 aliphatic heterocycles. The minimum Gasteiger partial charge on any atom is -0.288 e. The highest BCUT2D eigenvalue weighted by molar-refractivity contribution is 8.15. The third kappa shape index (κ3) is 2.62. The van der Waals surface area contributed by atoms with Crippen LogP contribution in [0.4, 0.5) is 0 Å². The zero-order valence-electron chi connectivity index (χ0n) is 13.2. The molecule has 23 heavy (non-hydrogen) atoms. The van der Waals surface area contributed by atoms with Gasteiger partial charge in [-0.05, 0) is 36.2 Å². The van der Waals surface area contributed by atoms with Crippen LogP contribution in [-0.2, 0) is 4.87 Å². The smallest absolute Gasteiger partial charge is 0.128 e. The molecule has 4 rings (SSSR count). The van der Waals surface area contributed by atoms with Crippen LogP contribution in [0.15, 0.2) is 71.8 Å². The van der Waals surface area contributed by atoms with E-state index in [2.05, 4.69) is 91.1 Å². The Morgan fingerprint density at radius 2 is 1.65 bits per heavy atom. The molecule has 1 N–H and O–H groups in total. The zero-order valence-corrected chi connectivity index (χ0v) is 14.0. The summed E-state index contributed by atoms with van der Waals surface area (Å²) in [5, 5.41) is 8.14. The SMILES string of the molecule is Cc1ccc(C2=NNC(C)(c3ccc4ccccc4c3)S2)cc1. The van der Waals surface area contributed by atoms with Crippen LogP contribution in [0.3, 0.4) is 0 Å². The first-order valence-electron chi connectivity index (χ1n) is 7.74. The topological polar surface area (TPSA) is 24.4 Å². The van der Waals surface area contributed by atoms with Gasteiger partial charge < -0.3 is 0 Å². The van der Waals surface area contributed by atoms with Gasteiger partial charge in [0.15, 0.2) is 0 Å². The Hall–Kier alpha value is -2.26. The summed E-state index contributed by atoms with van der Waals surface area (Å²) in [4.78, 5) is -0.232. The second-order valence-corrected chi connectivity index (χ2v) is 7.50. The lowest BCUT2D eigenvalue weighted by atomic mass is 10.0. The Balaban J connectivity index is 1.65. The maximum Gasteiger partial charge on any atom is 0.128 e. The number of thioether (sulfide) groups is 1. The van der Waals surface area contributed by atoms with Crippen molar-refractivity contribution in [1.29, 1.82) is 0 Å². The molecular formula is C20H18N2S. The predicted molar refractivity (Wildman–Crippen MR) is 99.7 cm³/mol. The van der Waals surface area contributed by atoms with Gasteiger partial charge in [0, 0.05) is 5.56 Å². The van der Waals surface area contributed by atoms with E-state index < -0.39 is 0 Å². The van der Waals surface area contributed by atoms with Gasteiger partial charge in [-0.3, -0.25) is 5.43 Å². The summed E-state index contributed by atoms with van der Waals surface area (Å²) in [6.07, 6.45) is 0. The lowest BCUT2D eigenvalue weighted by Gasteiger charge is -2.23. The molecule has 0 radical (unpaired) electrons. The Morgan fingerprint density at radius 3 is 2.43 bits per heavy atom. The lowest BCUT2D eigenvalue weighted by Crippen LogP contribution is -2.28. The fourth-order valence-electron chi connectivity index (χ4n) is 2.83. The molecular weight excluding hydrogens is 300 g/mol. The summed E-state index contributed by atoms with van der Waals surface area (Å²) in [7, 11) is 0. The van der Waals surface area contributed by atoms with E-state index in [4.69, 9.17) is 0 Å². The maximum atomic E-state index is 4.57. The van der Waals surface area contributed by atoms with Gasteiger partial charge in [-0.25, -0.2) is 0 Å². The average molecular weight is 318 g/mol. The van der Waals surface area contributed by atoms with Gasteiger partial charge in [-0.15, -0.1) is 0 Å². The van der Waals surface area contributed by atoms with Crippen molar-refractivity contribution >= 4 is 27.6 Å². The minimum absolute atomic E-state index is 0.232. The quantitative estimate of drug-likeness (QED) is 0.717. The highest BCUT2D eigenvalue weighted by atomic mass is 32.2. The number of hydrazone groups is 1. The summed E-state index contributed by atoms with van der Waals surface area (Å²) < 4.78 is 0. The van der Waals surface area contributed by atoms with Crippen LogP contribution in [0.1, 0.15) is 23.6 Å². The van der Waals surface area contributed by atoms with Crippen LogP contribution in [0.2, 0.25) is 0 Å². The molecule has 1 atom stereocenters. The lowest BCUT2D eigenvalue weighted by molar-refractivity contribution is 0.563. The van der Waals surface area contributed by atoms with E-state index >= 15 is 0 Å². The van der Waals surface area contributed by atoms with E-state index in [1.807, 2.05) is 0 Å². The largest absolute Gasteiger partial charge is 0.288 e. The average Bonchev–Trinajstić information content (AvgIpc) is 2.99. The highest BCUT2D eigenvalue weighted by Crippen LogP contribution is 2.40. The van der Waals surface area contributed by atoms with Crippen LogP contribution >= 0.6 is 11.8 Å². The van der Waals surface area contributed by atoms with Gasteiger partial charge in [0.25, 0.3) is 0 Å². The van der Waals surface area contributed by atoms with Crippen molar-refractivity contribution < 1.29 is 0 Å². The minimum atomic E-state index is -0.232. The Labute approximate surface area is 140 Å². The number of nitrogens with zero attached hydrogens (tertiary/aromatic N) is 1. The second-order valence-electron chi connectivity index (χ2n) is 6.09. The molecule has 0 fully saturated rings. The van der Waals surface area contributed by atoms with Gasteiger partial charge in [0.05, 0.1) is 0 Å². The normalized spacial score (nSPS) is 20.3. The number of hydrogen-bond donors (Lipinski definition) is 1. The maximum absolute atomic E-state index is 4.57. The van der Waals surface area contributed by atoms with Crippen LogP contribution < -0.4 is 5.43 Å². The number of rotatable bonds is 2. The number of aryl methyl sites for hydroxylation is 1. The molecule has 0 bridgehead atoms. The first-order chi connectivity index (χ1) is 11.1. The zero-order chi connectivity index (χ0) is 15.9. The van der Waals surface area contributed by atoms with E-state index in [0.717, 1.165) is 10.6 Å². The van der Waals surface area contributed by atoms with Crippen molar-refractivity contribution in [2.75, 3.05) is 0 Å². The molecule has 3 heteroatoms. The predicted octanol–water partition coefficient (Wildman–Crippen LogP) is 5.02. The van der Waals surface area contributed by atoms with E-state index in [-0.39, 0.29) is 4.87 Å². The molecule has 1 aliphatic rings. The Morgan fingerprint density at radius 1 is 0.913 bits per heavy atom. The summed E-state index contributed by atoms with van der Waals surface area (Å²) in [6.45, 7) is 4.29. The summed E-state index contributed by atoms with van der Waals surface area (Å²) >= 11 is 1.77. The Bertz CT molecular complexity index is 899. The van der Waals surface area contributed by atoms with Gasteiger partial charge in [0.2, 0.25) is 0 Å². The molecule has 0 aromatic heterocycles. The molecule has 114 valence electrons. The third-order valence-electron chi connectivity index (χ3n) is 4.27. The second kappa shape index (κ2) is 5.43. The number of fused-ring (bicyclic) bond motifs is 1. The molecule has 0 saturated heterocycles. The van der Waals surface area contributed by atoms with Crippen molar-refractivity contribution in [3.8, 4) is 0 Å². The molecule has 0 saturated carbocycles. The first kappa shape index (κ1) is 14.3. The van der Waals surface area contributed by atoms with Gasteiger partial charge in [-0.1, -0.05) is 78.0 Å². The molecule has 1 heterocycles. The van der Waals surface area contributed by atoms with Gasteiger partial charge in [0.1, 0.15) is 9.91 Å². The van der Waals surface area contributed by atoms with Crippen molar-refractivity contribution in [3.05, 3.63) is 83.4 Å². The van der Waals surface area contributed by atoms with Crippen LogP contribution in [0.5, 0.6) is 0 Å². The highest BCUT2D eigenvalue weighted by Gasteiger charge is 2.34. The van der Waals surface area contributed by atoms with Gasteiger partial charge >= 0.3 is 0 Å². The molecule has 1 unspecified atom stereocenters. The third-order valence-corrected chi connectivity index (χ3v) is 5.53. The van der Waals surface area contributed by atoms with Crippen molar-refractivity contribution in [2.45, 2.75) is 18.7 Å². The Kier molecular flexibility index (Phi) is 3.38. The number of nitrogens with one attached hydrogen (secondary N) is 1. The first-order valence-corrected chi connectivity index (χ1v) is 8.56. The van der Waals surface area contributed by atoms with Crippen molar-refractivity contribution in [2.24, 2.45) is 5.10 Å². The van der Waals surface area contributed by atoms with Crippen molar-refractivity contribution in [3.63, 3.8) is 0 Å².